The van der Waals surface area contributed by atoms with E-state index in [1.165, 1.54) is 0 Å². The van der Waals surface area contributed by atoms with Crippen LogP contribution >= 0.6 is 11.6 Å². The maximum absolute atomic E-state index is 6.16. The summed E-state index contributed by atoms with van der Waals surface area (Å²) in [6.07, 6.45) is 4.36. The summed E-state index contributed by atoms with van der Waals surface area (Å²) in [5, 5.41) is 4.80. The summed E-state index contributed by atoms with van der Waals surface area (Å²) in [7, 11) is 3.51. The van der Waals surface area contributed by atoms with Crippen molar-refractivity contribution in [2.75, 3.05) is 7.11 Å². The van der Waals surface area contributed by atoms with Gasteiger partial charge in [0.25, 0.3) is 0 Å². The van der Waals surface area contributed by atoms with Gasteiger partial charge in [-0.1, -0.05) is 11.6 Å². The smallest absolute Gasteiger partial charge is 0.122 e. The molecule has 0 fully saturated rings. The lowest BCUT2D eigenvalue weighted by atomic mass is 10.0. The van der Waals surface area contributed by atoms with Crippen LogP contribution in [0.5, 0.6) is 5.75 Å². The van der Waals surface area contributed by atoms with Gasteiger partial charge in [-0.25, -0.2) is 0 Å². The molecule has 96 valence electrons. The Balaban J connectivity index is 2.20. The lowest BCUT2D eigenvalue weighted by Gasteiger charge is -2.13. The first kappa shape index (κ1) is 12.9. The zero-order valence-electron chi connectivity index (χ0n) is 10.4. The summed E-state index contributed by atoms with van der Waals surface area (Å²) in [6.45, 7) is 0. The quantitative estimate of drug-likeness (QED) is 0.923. The van der Waals surface area contributed by atoms with Gasteiger partial charge in [-0.05, 0) is 30.2 Å². The van der Waals surface area contributed by atoms with Crippen LogP contribution in [0.1, 0.15) is 17.2 Å². The molecule has 18 heavy (non-hydrogen) atoms. The molecule has 0 aliphatic rings. The van der Waals surface area contributed by atoms with Gasteiger partial charge in [-0.15, -0.1) is 0 Å². The van der Waals surface area contributed by atoms with E-state index < -0.39 is 0 Å². The van der Waals surface area contributed by atoms with Crippen molar-refractivity contribution in [1.29, 1.82) is 0 Å². The van der Waals surface area contributed by atoms with Gasteiger partial charge in [0.1, 0.15) is 5.75 Å². The van der Waals surface area contributed by atoms with Crippen LogP contribution in [0.15, 0.2) is 30.6 Å². The van der Waals surface area contributed by atoms with Crippen LogP contribution in [0.2, 0.25) is 5.02 Å². The van der Waals surface area contributed by atoms with Gasteiger partial charge in [-0.3, -0.25) is 4.68 Å². The number of nitrogens with zero attached hydrogens (tertiary/aromatic N) is 2. The highest BCUT2D eigenvalue weighted by Gasteiger charge is 2.12. The van der Waals surface area contributed by atoms with Crippen LogP contribution in [-0.2, 0) is 13.5 Å². The average molecular weight is 266 g/mol. The molecular weight excluding hydrogens is 250 g/mol. The fourth-order valence-electron chi connectivity index (χ4n) is 1.89. The fourth-order valence-corrected chi connectivity index (χ4v) is 2.09. The van der Waals surface area contributed by atoms with Crippen molar-refractivity contribution >= 4 is 11.6 Å². The molecule has 0 spiro atoms. The summed E-state index contributed by atoms with van der Waals surface area (Å²) in [6, 6.07) is 5.43. The first-order valence-electron chi connectivity index (χ1n) is 5.66. The molecule has 0 saturated carbocycles. The molecule has 2 N–H and O–H groups in total. The van der Waals surface area contributed by atoms with Crippen molar-refractivity contribution in [3.8, 4) is 5.75 Å². The van der Waals surface area contributed by atoms with Crippen molar-refractivity contribution in [2.24, 2.45) is 12.8 Å². The molecule has 0 radical (unpaired) electrons. The number of aryl methyl sites for hydroxylation is 1. The third kappa shape index (κ3) is 2.83. The number of halogens is 1. The van der Waals surface area contributed by atoms with Crippen molar-refractivity contribution < 1.29 is 4.74 Å². The number of ether oxygens (including phenoxy) is 1. The van der Waals surface area contributed by atoms with Crippen molar-refractivity contribution in [3.05, 3.63) is 46.7 Å². The Morgan fingerprint density at radius 1 is 1.50 bits per heavy atom. The molecule has 0 aliphatic carbocycles. The van der Waals surface area contributed by atoms with Gasteiger partial charge in [0, 0.05) is 29.9 Å². The monoisotopic (exact) mass is 265 g/mol. The van der Waals surface area contributed by atoms with Crippen molar-refractivity contribution in [2.45, 2.75) is 12.5 Å². The number of rotatable bonds is 4. The molecule has 4 nitrogen and oxygen atoms in total. The summed E-state index contributed by atoms with van der Waals surface area (Å²) in [5.74, 6) is 0.804. The molecular formula is C13H16ClN3O. The van der Waals surface area contributed by atoms with E-state index in [-0.39, 0.29) is 6.04 Å². The number of benzene rings is 1. The summed E-state index contributed by atoms with van der Waals surface area (Å²) in [4.78, 5) is 0. The van der Waals surface area contributed by atoms with E-state index in [4.69, 9.17) is 22.1 Å². The van der Waals surface area contributed by atoms with E-state index in [2.05, 4.69) is 5.10 Å². The molecule has 0 aliphatic heterocycles. The Bertz CT molecular complexity index is 539. The predicted octanol–water partition coefficient (Wildman–Crippen LogP) is 2.32. The second kappa shape index (κ2) is 5.42. The first-order valence-corrected chi connectivity index (χ1v) is 6.04. The molecule has 0 amide bonds. The number of nitrogens with two attached hydrogens (primary N) is 1. The van der Waals surface area contributed by atoms with Crippen LogP contribution < -0.4 is 10.5 Å². The number of hydrogen-bond acceptors (Lipinski definition) is 3. The van der Waals surface area contributed by atoms with Gasteiger partial charge in [0.2, 0.25) is 0 Å². The minimum atomic E-state index is -0.119. The zero-order valence-corrected chi connectivity index (χ0v) is 11.2. The molecule has 1 atom stereocenters. The molecule has 1 heterocycles. The Labute approximate surface area is 111 Å². The van der Waals surface area contributed by atoms with Gasteiger partial charge < -0.3 is 10.5 Å². The molecule has 5 heteroatoms. The molecule has 0 bridgehead atoms. The SMILES string of the molecule is COc1ccc(Cl)cc1CC(N)c1cnn(C)c1. The first-order chi connectivity index (χ1) is 8.60. The van der Waals surface area contributed by atoms with Gasteiger partial charge in [-0.2, -0.15) is 5.10 Å². The summed E-state index contributed by atoms with van der Waals surface area (Å²) < 4.78 is 7.05. The van der Waals surface area contributed by atoms with Crippen LogP contribution in [0, 0.1) is 0 Å². The topological polar surface area (TPSA) is 53.1 Å². The minimum absolute atomic E-state index is 0.119. The van der Waals surface area contributed by atoms with E-state index in [9.17, 15) is 0 Å². The molecule has 2 rings (SSSR count). The fraction of sp³-hybridized carbons (Fsp3) is 0.308. The van der Waals surface area contributed by atoms with E-state index in [1.807, 2.05) is 25.4 Å². The molecule has 2 aromatic rings. The third-order valence-corrected chi connectivity index (χ3v) is 3.07. The Morgan fingerprint density at radius 2 is 2.28 bits per heavy atom. The minimum Gasteiger partial charge on any atom is -0.496 e. The lowest BCUT2D eigenvalue weighted by Crippen LogP contribution is -2.13. The van der Waals surface area contributed by atoms with E-state index in [1.54, 1.807) is 24.1 Å². The highest BCUT2D eigenvalue weighted by Crippen LogP contribution is 2.26. The zero-order chi connectivity index (χ0) is 13.1. The van der Waals surface area contributed by atoms with Gasteiger partial charge in [0.05, 0.1) is 13.3 Å². The lowest BCUT2D eigenvalue weighted by molar-refractivity contribution is 0.408. The summed E-state index contributed by atoms with van der Waals surface area (Å²) >= 11 is 5.99. The van der Waals surface area contributed by atoms with Gasteiger partial charge >= 0.3 is 0 Å². The molecule has 1 aromatic heterocycles. The van der Waals surface area contributed by atoms with Crippen LogP contribution in [0.4, 0.5) is 0 Å². The normalized spacial score (nSPS) is 12.4. The maximum atomic E-state index is 6.16. The number of hydrogen-bond donors (Lipinski definition) is 1. The van der Waals surface area contributed by atoms with Crippen LogP contribution in [0.3, 0.4) is 0 Å². The number of methoxy groups -OCH3 is 1. The largest absolute Gasteiger partial charge is 0.496 e. The third-order valence-electron chi connectivity index (χ3n) is 2.84. The van der Waals surface area contributed by atoms with Crippen LogP contribution in [-0.4, -0.2) is 16.9 Å². The van der Waals surface area contributed by atoms with Gasteiger partial charge in [0.15, 0.2) is 0 Å². The standard InChI is InChI=1S/C13H16ClN3O/c1-17-8-10(7-16-17)12(15)6-9-5-11(14)3-4-13(9)18-2/h3-5,7-8,12H,6,15H2,1-2H3. The highest BCUT2D eigenvalue weighted by atomic mass is 35.5. The Hall–Kier alpha value is -1.52. The second-order valence-electron chi connectivity index (χ2n) is 4.21. The molecule has 1 aromatic carbocycles. The predicted molar refractivity (Wildman–Crippen MR) is 71.8 cm³/mol. The maximum Gasteiger partial charge on any atom is 0.122 e. The van der Waals surface area contributed by atoms with E-state index in [0.717, 1.165) is 16.9 Å². The average Bonchev–Trinajstić information content (AvgIpc) is 2.76. The number of aromatic nitrogens is 2. The molecule has 1 unspecified atom stereocenters. The van der Waals surface area contributed by atoms with E-state index in [0.29, 0.717) is 11.4 Å². The second-order valence-corrected chi connectivity index (χ2v) is 4.65. The molecule has 0 saturated heterocycles. The van der Waals surface area contributed by atoms with E-state index >= 15 is 0 Å². The van der Waals surface area contributed by atoms with Crippen molar-refractivity contribution in [1.82, 2.24) is 9.78 Å². The summed E-state index contributed by atoms with van der Waals surface area (Å²) in [5.41, 5.74) is 8.16. The van der Waals surface area contributed by atoms with Crippen molar-refractivity contribution in [3.63, 3.8) is 0 Å². The highest BCUT2D eigenvalue weighted by molar-refractivity contribution is 6.30. The Morgan fingerprint density at radius 3 is 2.89 bits per heavy atom. The van der Waals surface area contributed by atoms with Crippen LogP contribution in [0.25, 0.3) is 0 Å². The Kier molecular flexibility index (Phi) is 3.89.